The van der Waals surface area contributed by atoms with Gasteiger partial charge in [0.05, 0.1) is 18.6 Å². The lowest BCUT2D eigenvalue weighted by atomic mass is 10.0. The molecule has 0 bridgehead atoms. The fraction of sp³-hybridized carbons (Fsp3) is 0.167. The average molecular weight is 326 g/mol. The first kappa shape index (κ1) is 14.4. The number of fused-ring (bicyclic) bond motifs is 2. The third-order valence-electron chi connectivity index (χ3n) is 3.90. The molecule has 0 saturated heterocycles. The van der Waals surface area contributed by atoms with E-state index in [0.717, 1.165) is 6.42 Å². The van der Waals surface area contributed by atoms with Crippen LogP contribution in [-0.2, 0) is 0 Å². The lowest BCUT2D eigenvalue weighted by Crippen LogP contribution is -2.04. The monoisotopic (exact) mass is 326 g/mol. The van der Waals surface area contributed by atoms with Crippen LogP contribution < -0.4 is 15.1 Å². The van der Waals surface area contributed by atoms with Crippen molar-refractivity contribution in [2.75, 3.05) is 13.2 Å². The Hall–Kier alpha value is -3.15. The Morgan fingerprint density at radius 1 is 0.917 bits per heavy atom. The van der Waals surface area contributed by atoms with Crippen molar-refractivity contribution in [1.82, 2.24) is 0 Å². The van der Waals surface area contributed by atoms with Crippen LogP contribution >= 0.6 is 0 Å². The van der Waals surface area contributed by atoms with Crippen LogP contribution in [0.2, 0.25) is 0 Å². The molecule has 0 radical (unpaired) electrons. The topological polar surface area (TPSA) is 89.1 Å². The van der Waals surface area contributed by atoms with Crippen molar-refractivity contribution in [3.8, 4) is 34.1 Å². The molecule has 2 N–H and O–H groups in total. The van der Waals surface area contributed by atoms with Gasteiger partial charge in [-0.15, -0.1) is 0 Å². The van der Waals surface area contributed by atoms with E-state index in [1.54, 1.807) is 18.2 Å². The van der Waals surface area contributed by atoms with E-state index >= 15 is 0 Å². The molecule has 2 heterocycles. The molecular formula is C18H14O6. The lowest BCUT2D eigenvalue weighted by Gasteiger charge is -2.10. The normalized spacial score (nSPS) is 13.7. The Kier molecular flexibility index (Phi) is 3.30. The highest BCUT2D eigenvalue weighted by atomic mass is 16.5. The van der Waals surface area contributed by atoms with E-state index in [-0.39, 0.29) is 22.6 Å². The van der Waals surface area contributed by atoms with Crippen molar-refractivity contribution >= 4 is 11.0 Å². The van der Waals surface area contributed by atoms with Gasteiger partial charge >= 0.3 is 5.63 Å². The smallest absolute Gasteiger partial charge is 0.347 e. The molecule has 2 aromatic carbocycles. The Bertz CT molecular complexity index is 989. The first-order valence-corrected chi connectivity index (χ1v) is 7.52. The molecule has 1 aromatic heterocycles. The zero-order valence-corrected chi connectivity index (χ0v) is 12.6. The molecular weight excluding hydrogens is 312 g/mol. The summed E-state index contributed by atoms with van der Waals surface area (Å²) in [6.07, 6.45) is 0.775. The molecule has 0 aliphatic carbocycles. The maximum atomic E-state index is 12.3. The number of benzene rings is 2. The van der Waals surface area contributed by atoms with Crippen molar-refractivity contribution in [3.63, 3.8) is 0 Å². The summed E-state index contributed by atoms with van der Waals surface area (Å²) in [5.74, 6) is 0.879. The summed E-state index contributed by atoms with van der Waals surface area (Å²) in [6, 6.07) is 9.23. The SMILES string of the molecule is O=c1oc2cc(O)ccc2c(O)c1-c1ccc2c(c1)OCCCO2. The van der Waals surface area contributed by atoms with Gasteiger partial charge in [0.2, 0.25) is 0 Å². The number of aromatic hydroxyl groups is 2. The van der Waals surface area contributed by atoms with Gasteiger partial charge in [0.15, 0.2) is 11.5 Å². The summed E-state index contributed by atoms with van der Waals surface area (Å²) < 4.78 is 16.4. The van der Waals surface area contributed by atoms with Crippen LogP contribution in [0.4, 0.5) is 0 Å². The predicted molar refractivity (Wildman–Crippen MR) is 86.9 cm³/mol. The van der Waals surface area contributed by atoms with Crippen LogP contribution in [0.3, 0.4) is 0 Å². The van der Waals surface area contributed by atoms with Gasteiger partial charge in [0.1, 0.15) is 22.6 Å². The average Bonchev–Trinajstić information content (AvgIpc) is 2.79. The second-order valence-corrected chi connectivity index (χ2v) is 5.51. The summed E-state index contributed by atoms with van der Waals surface area (Å²) in [5.41, 5.74) is -0.0556. The summed E-state index contributed by atoms with van der Waals surface area (Å²) >= 11 is 0. The van der Waals surface area contributed by atoms with Gasteiger partial charge in [-0.3, -0.25) is 0 Å². The van der Waals surface area contributed by atoms with Crippen molar-refractivity contribution in [3.05, 3.63) is 46.8 Å². The third-order valence-corrected chi connectivity index (χ3v) is 3.90. The molecule has 6 heteroatoms. The highest BCUT2D eigenvalue weighted by Crippen LogP contribution is 2.38. The molecule has 6 nitrogen and oxygen atoms in total. The van der Waals surface area contributed by atoms with Crippen molar-refractivity contribution in [1.29, 1.82) is 0 Å². The van der Waals surface area contributed by atoms with E-state index in [0.29, 0.717) is 35.7 Å². The number of phenols is 1. The minimum atomic E-state index is -0.694. The molecule has 1 aliphatic heterocycles. The molecule has 0 amide bonds. The largest absolute Gasteiger partial charge is 0.508 e. The van der Waals surface area contributed by atoms with Crippen LogP contribution in [0.25, 0.3) is 22.1 Å². The Labute approximate surface area is 136 Å². The van der Waals surface area contributed by atoms with Gasteiger partial charge in [0.25, 0.3) is 0 Å². The number of hydrogen-bond acceptors (Lipinski definition) is 6. The first-order valence-electron chi connectivity index (χ1n) is 7.52. The molecule has 3 aromatic rings. The second kappa shape index (κ2) is 5.49. The minimum Gasteiger partial charge on any atom is -0.508 e. The molecule has 24 heavy (non-hydrogen) atoms. The van der Waals surface area contributed by atoms with Gasteiger partial charge < -0.3 is 24.1 Å². The van der Waals surface area contributed by atoms with Crippen molar-refractivity contribution in [2.45, 2.75) is 6.42 Å². The van der Waals surface area contributed by atoms with E-state index < -0.39 is 5.63 Å². The lowest BCUT2D eigenvalue weighted by molar-refractivity contribution is 0.297. The standard InChI is InChI=1S/C18H14O6/c19-11-3-4-12-14(9-11)24-18(21)16(17(12)20)10-2-5-13-15(8-10)23-7-1-6-22-13/h2-5,8-9,19-20H,1,6-7H2. The predicted octanol–water partition coefficient (Wildman–Crippen LogP) is 3.03. The molecule has 0 atom stereocenters. The molecule has 0 unspecified atom stereocenters. The van der Waals surface area contributed by atoms with Gasteiger partial charge in [0, 0.05) is 12.5 Å². The van der Waals surface area contributed by atoms with E-state index in [4.69, 9.17) is 13.9 Å². The maximum Gasteiger partial charge on any atom is 0.347 e. The zero-order chi connectivity index (χ0) is 16.7. The van der Waals surface area contributed by atoms with Crippen LogP contribution in [0.1, 0.15) is 6.42 Å². The van der Waals surface area contributed by atoms with Crippen molar-refractivity contribution in [2.24, 2.45) is 0 Å². The van der Waals surface area contributed by atoms with Gasteiger partial charge in [-0.2, -0.15) is 0 Å². The zero-order valence-electron chi connectivity index (χ0n) is 12.6. The van der Waals surface area contributed by atoms with Crippen molar-refractivity contribution < 1.29 is 24.1 Å². The third kappa shape index (κ3) is 2.32. The highest BCUT2D eigenvalue weighted by molar-refractivity contribution is 5.91. The Morgan fingerprint density at radius 3 is 2.54 bits per heavy atom. The molecule has 0 spiro atoms. The molecule has 0 fully saturated rings. The highest BCUT2D eigenvalue weighted by Gasteiger charge is 2.19. The number of ether oxygens (including phenoxy) is 2. The Morgan fingerprint density at radius 2 is 1.71 bits per heavy atom. The van der Waals surface area contributed by atoms with Crippen LogP contribution in [-0.4, -0.2) is 23.4 Å². The van der Waals surface area contributed by atoms with Crippen LogP contribution in [0, 0.1) is 0 Å². The summed E-state index contributed by atoms with van der Waals surface area (Å²) in [7, 11) is 0. The Balaban J connectivity index is 1.92. The van der Waals surface area contributed by atoms with Gasteiger partial charge in [-0.25, -0.2) is 4.79 Å². The van der Waals surface area contributed by atoms with Crippen LogP contribution in [0.5, 0.6) is 23.0 Å². The fourth-order valence-electron chi connectivity index (χ4n) is 2.75. The minimum absolute atomic E-state index is 0.0452. The number of phenolic OH excluding ortho intramolecular Hbond substituents is 1. The quantitative estimate of drug-likeness (QED) is 0.668. The number of hydrogen-bond donors (Lipinski definition) is 2. The van der Waals surface area contributed by atoms with Gasteiger partial charge in [-0.05, 0) is 29.8 Å². The maximum absolute atomic E-state index is 12.3. The van der Waals surface area contributed by atoms with Crippen LogP contribution in [0.15, 0.2) is 45.6 Å². The number of rotatable bonds is 1. The summed E-state index contributed by atoms with van der Waals surface area (Å²) in [6.45, 7) is 1.09. The fourth-order valence-corrected chi connectivity index (χ4v) is 2.75. The molecule has 1 aliphatic rings. The second-order valence-electron chi connectivity index (χ2n) is 5.51. The van der Waals surface area contributed by atoms with E-state index in [1.165, 1.54) is 18.2 Å². The molecule has 4 rings (SSSR count). The van der Waals surface area contributed by atoms with Gasteiger partial charge in [-0.1, -0.05) is 6.07 Å². The molecule has 122 valence electrons. The van der Waals surface area contributed by atoms with E-state index in [9.17, 15) is 15.0 Å². The first-order chi connectivity index (χ1) is 11.6. The van der Waals surface area contributed by atoms with E-state index in [1.807, 2.05) is 0 Å². The summed E-state index contributed by atoms with van der Waals surface area (Å²) in [4.78, 5) is 12.3. The van der Waals surface area contributed by atoms with E-state index in [2.05, 4.69) is 0 Å². The molecule has 0 saturated carbocycles. The summed E-state index contributed by atoms with van der Waals surface area (Å²) in [5, 5.41) is 20.3.